The Morgan fingerprint density at radius 3 is 2.47 bits per heavy atom. The number of amides is 1. The molecule has 0 aromatic rings. The number of ketones is 1. The van der Waals surface area contributed by atoms with E-state index in [1.807, 2.05) is 20.8 Å². The van der Waals surface area contributed by atoms with Crippen LogP contribution in [0, 0.1) is 0 Å². The largest absolute Gasteiger partial charge is 0.444 e. The minimum Gasteiger partial charge on any atom is -0.444 e. The maximum Gasteiger partial charge on any atom is 0.411 e. The van der Waals surface area contributed by atoms with Crippen molar-refractivity contribution in [2.45, 2.75) is 57.7 Å². The first-order valence-electron chi connectivity index (χ1n) is 5.42. The van der Waals surface area contributed by atoms with Gasteiger partial charge >= 0.3 is 6.09 Å². The van der Waals surface area contributed by atoms with E-state index in [0.29, 0.717) is 6.42 Å². The molecule has 2 heterocycles. The molecule has 2 fully saturated rings. The van der Waals surface area contributed by atoms with Crippen molar-refractivity contribution in [3.63, 3.8) is 0 Å². The standard InChI is InChI=1S/C11H17NO3/c1-11(2,3)15-10(14)12-7-4-5-8(12)9(13)6-7/h7-8H,4-6H2,1-3H3/t7-,8-/m1/s1. The van der Waals surface area contributed by atoms with E-state index in [1.54, 1.807) is 4.90 Å². The van der Waals surface area contributed by atoms with E-state index in [0.717, 1.165) is 12.8 Å². The number of Topliss-reactive ketones (excluding diaryl/α,β-unsaturated/α-hetero) is 1. The maximum atomic E-state index is 11.8. The third-order valence-electron chi connectivity index (χ3n) is 2.92. The van der Waals surface area contributed by atoms with Gasteiger partial charge in [-0.1, -0.05) is 0 Å². The van der Waals surface area contributed by atoms with Crippen molar-refractivity contribution < 1.29 is 14.3 Å². The molecule has 2 bridgehead atoms. The topological polar surface area (TPSA) is 46.6 Å². The molecule has 0 aromatic carbocycles. The highest BCUT2D eigenvalue weighted by atomic mass is 16.6. The molecule has 1 amide bonds. The molecule has 0 saturated carbocycles. The summed E-state index contributed by atoms with van der Waals surface area (Å²) in [6, 6.07) is -0.109. The summed E-state index contributed by atoms with van der Waals surface area (Å²) in [5.74, 6) is 0.192. The molecule has 0 N–H and O–H groups in total. The number of nitrogens with zero attached hydrogens (tertiary/aromatic N) is 1. The summed E-state index contributed by atoms with van der Waals surface area (Å²) >= 11 is 0. The van der Waals surface area contributed by atoms with Gasteiger partial charge in [-0.3, -0.25) is 9.69 Å². The first kappa shape index (κ1) is 10.5. The van der Waals surface area contributed by atoms with E-state index in [2.05, 4.69) is 0 Å². The lowest BCUT2D eigenvalue weighted by atomic mass is 10.00. The summed E-state index contributed by atoms with van der Waals surface area (Å²) in [6.45, 7) is 5.51. The smallest absolute Gasteiger partial charge is 0.411 e. The number of hydrogen-bond acceptors (Lipinski definition) is 3. The Morgan fingerprint density at radius 1 is 1.40 bits per heavy atom. The van der Waals surface area contributed by atoms with Gasteiger partial charge in [-0.15, -0.1) is 0 Å². The second-order valence-electron chi connectivity index (χ2n) is 5.31. The van der Waals surface area contributed by atoms with Gasteiger partial charge in [-0.2, -0.15) is 0 Å². The van der Waals surface area contributed by atoms with Gasteiger partial charge in [0, 0.05) is 12.5 Å². The Kier molecular flexibility index (Phi) is 2.24. The molecule has 0 aliphatic carbocycles. The number of hydrogen-bond donors (Lipinski definition) is 0. The Hall–Kier alpha value is -1.06. The van der Waals surface area contributed by atoms with Crippen LogP contribution in [0.4, 0.5) is 4.79 Å². The van der Waals surface area contributed by atoms with Crippen molar-refractivity contribution >= 4 is 11.9 Å². The molecular weight excluding hydrogens is 194 g/mol. The first-order valence-corrected chi connectivity index (χ1v) is 5.42. The summed E-state index contributed by atoms with van der Waals surface area (Å²) in [5.41, 5.74) is -0.484. The highest BCUT2D eigenvalue weighted by Crippen LogP contribution is 2.36. The number of carbonyl (C=O) groups excluding carboxylic acids is 2. The monoisotopic (exact) mass is 211 g/mol. The molecule has 2 rings (SSSR count). The van der Waals surface area contributed by atoms with Crippen LogP contribution < -0.4 is 0 Å². The fourth-order valence-electron chi connectivity index (χ4n) is 2.36. The average Bonchev–Trinajstić information content (AvgIpc) is 2.55. The lowest BCUT2D eigenvalue weighted by molar-refractivity contribution is -0.120. The summed E-state index contributed by atoms with van der Waals surface area (Å²) < 4.78 is 5.29. The van der Waals surface area contributed by atoms with Gasteiger partial charge in [0.15, 0.2) is 5.78 Å². The molecule has 2 aliphatic rings. The minimum atomic E-state index is -0.484. The number of ether oxygens (including phenoxy) is 1. The van der Waals surface area contributed by atoms with Crippen molar-refractivity contribution in [3.8, 4) is 0 Å². The molecule has 0 unspecified atom stereocenters. The highest BCUT2D eigenvalue weighted by molar-refractivity contribution is 5.92. The van der Waals surface area contributed by atoms with Crippen LogP contribution in [0.3, 0.4) is 0 Å². The highest BCUT2D eigenvalue weighted by Gasteiger charge is 2.49. The zero-order chi connectivity index (χ0) is 11.2. The van der Waals surface area contributed by atoms with Crippen molar-refractivity contribution in [2.75, 3.05) is 0 Å². The van der Waals surface area contributed by atoms with E-state index in [4.69, 9.17) is 4.74 Å². The summed E-state index contributed by atoms with van der Waals surface area (Å²) in [7, 11) is 0. The van der Waals surface area contributed by atoms with Gasteiger partial charge in [0.05, 0.1) is 6.04 Å². The molecule has 4 nitrogen and oxygen atoms in total. The van der Waals surface area contributed by atoms with Crippen LogP contribution in [0.15, 0.2) is 0 Å². The van der Waals surface area contributed by atoms with E-state index in [9.17, 15) is 9.59 Å². The number of carbonyl (C=O) groups is 2. The molecule has 2 atom stereocenters. The van der Waals surface area contributed by atoms with Crippen LogP contribution >= 0.6 is 0 Å². The fourth-order valence-corrected chi connectivity index (χ4v) is 2.36. The second-order valence-corrected chi connectivity index (χ2v) is 5.31. The second kappa shape index (κ2) is 3.22. The van der Waals surface area contributed by atoms with E-state index >= 15 is 0 Å². The van der Waals surface area contributed by atoms with Gasteiger partial charge in [0.2, 0.25) is 0 Å². The van der Waals surface area contributed by atoms with E-state index in [-0.39, 0.29) is 24.0 Å². The number of fused-ring (bicyclic) bond motifs is 2. The Balaban J connectivity index is 2.06. The van der Waals surface area contributed by atoms with Crippen molar-refractivity contribution in [1.82, 2.24) is 4.90 Å². The predicted molar refractivity (Wildman–Crippen MR) is 54.5 cm³/mol. The molecule has 0 spiro atoms. The van der Waals surface area contributed by atoms with Crippen molar-refractivity contribution in [2.24, 2.45) is 0 Å². The third kappa shape index (κ3) is 1.85. The normalized spacial score (nSPS) is 29.8. The van der Waals surface area contributed by atoms with Crippen LogP contribution in [0.5, 0.6) is 0 Å². The van der Waals surface area contributed by atoms with E-state index < -0.39 is 5.60 Å². The van der Waals surface area contributed by atoms with Crippen molar-refractivity contribution in [3.05, 3.63) is 0 Å². The molecule has 2 aliphatic heterocycles. The average molecular weight is 211 g/mol. The van der Waals surface area contributed by atoms with Gasteiger partial charge in [0.1, 0.15) is 5.60 Å². The van der Waals surface area contributed by atoms with Gasteiger partial charge in [0.25, 0.3) is 0 Å². The number of rotatable bonds is 0. The molecule has 4 heteroatoms. The minimum absolute atomic E-state index is 0.0948. The molecule has 84 valence electrons. The molecule has 2 saturated heterocycles. The van der Waals surface area contributed by atoms with Crippen LogP contribution in [0.1, 0.15) is 40.0 Å². The lowest BCUT2D eigenvalue weighted by Gasteiger charge is -2.26. The molecule has 15 heavy (non-hydrogen) atoms. The first-order chi connectivity index (χ1) is 6.88. The quantitative estimate of drug-likeness (QED) is 0.613. The Bertz CT molecular complexity index is 305. The summed E-state index contributed by atoms with van der Waals surface area (Å²) in [5, 5.41) is 0. The third-order valence-corrected chi connectivity index (χ3v) is 2.92. The van der Waals surface area contributed by atoms with Gasteiger partial charge in [-0.25, -0.2) is 4.79 Å². The predicted octanol–water partition coefficient (Wildman–Crippen LogP) is 1.73. The van der Waals surface area contributed by atoms with Gasteiger partial charge < -0.3 is 4.74 Å². The van der Waals surface area contributed by atoms with Crippen LogP contribution in [-0.2, 0) is 9.53 Å². The van der Waals surface area contributed by atoms with Crippen LogP contribution in [0.25, 0.3) is 0 Å². The molecule has 0 aromatic heterocycles. The summed E-state index contributed by atoms with van der Waals surface area (Å²) in [4.78, 5) is 24.9. The SMILES string of the molecule is CC(C)(C)OC(=O)N1[C@@H]2CC[C@@H]1C(=O)C2. The lowest BCUT2D eigenvalue weighted by Crippen LogP contribution is -2.40. The van der Waals surface area contributed by atoms with E-state index in [1.165, 1.54) is 0 Å². The Labute approximate surface area is 89.6 Å². The maximum absolute atomic E-state index is 11.8. The van der Waals surface area contributed by atoms with Crippen molar-refractivity contribution in [1.29, 1.82) is 0 Å². The van der Waals surface area contributed by atoms with Crippen LogP contribution in [-0.4, -0.2) is 34.5 Å². The molecular formula is C11H17NO3. The fraction of sp³-hybridized carbons (Fsp3) is 0.818. The zero-order valence-corrected chi connectivity index (χ0v) is 9.45. The Morgan fingerprint density at radius 2 is 2.07 bits per heavy atom. The van der Waals surface area contributed by atoms with Gasteiger partial charge in [-0.05, 0) is 33.6 Å². The zero-order valence-electron chi connectivity index (χ0n) is 9.45. The van der Waals surface area contributed by atoms with Crippen LogP contribution in [0.2, 0.25) is 0 Å². The molecule has 0 radical (unpaired) electrons. The summed E-state index contributed by atoms with van der Waals surface area (Å²) in [6.07, 6.45) is 1.93.